The van der Waals surface area contributed by atoms with Gasteiger partial charge in [0.2, 0.25) is 0 Å². The maximum absolute atomic E-state index is 6.14. The summed E-state index contributed by atoms with van der Waals surface area (Å²) in [6.07, 6.45) is 7.27. The molecular formula is C15H21N3. The van der Waals surface area contributed by atoms with Crippen LogP contribution in [0.15, 0.2) is 36.7 Å². The highest BCUT2D eigenvalue weighted by Gasteiger charge is 2.05. The quantitative estimate of drug-likeness (QED) is 0.606. The van der Waals surface area contributed by atoms with Gasteiger partial charge in [-0.2, -0.15) is 0 Å². The van der Waals surface area contributed by atoms with Gasteiger partial charge in [0, 0.05) is 17.8 Å². The molecule has 0 spiro atoms. The van der Waals surface area contributed by atoms with E-state index in [0.717, 1.165) is 17.5 Å². The Balaban J connectivity index is 2.01. The van der Waals surface area contributed by atoms with Crippen molar-refractivity contribution in [3.05, 3.63) is 42.2 Å². The average molecular weight is 243 g/mol. The fourth-order valence-corrected chi connectivity index (χ4v) is 2.05. The van der Waals surface area contributed by atoms with Crippen LogP contribution in [0.1, 0.15) is 37.9 Å². The van der Waals surface area contributed by atoms with E-state index in [4.69, 9.17) is 5.73 Å². The van der Waals surface area contributed by atoms with Crippen LogP contribution in [-0.2, 0) is 0 Å². The van der Waals surface area contributed by atoms with Gasteiger partial charge in [0.15, 0.2) is 0 Å². The van der Waals surface area contributed by atoms with Crippen molar-refractivity contribution in [1.29, 1.82) is 0 Å². The first kappa shape index (κ1) is 13.0. The van der Waals surface area contributed by atoms with Crippen molar-refractivity contribution in [2.75, 3.05) is 6.54 Å². The molecule has 0 saturated carbocycles. The SMILES string of the molecule is CCCCCNC(N)c1ccc2cnccc2c1. The number of pyridine rings is 1. The number of nitrogens with two attached hydrogens (primary N) is 1. The molecule has 3 heteroatoms. The van der Waals surface area contributed by atoms with Crippen LogP contribution in [0.25, 0.3) is 10.8 Å². The number of fused-ring (bicyclic) bond motifs is 1. The predicted molar refractivity (Wildman–Crippen MR) is 76.2 cm³/mol. The zero-order valence-corrected chi connectivity index (χ0v) is 10.9. The first-order chi connectivity index (χ1) is 8.81. The van der Waals surface area contributed by atoms with Gasteiger partial charge in [-0.05, 0) is 36.0 Å². The van der Waals surface area contributed by atoms with Gasteiger partial charge < -0.3 is 5.73 Å². The molecule has 1 aromatic heterocycles. The Bertz CT molecular complexity index is 496. The van der Waals surface area contributed by atoms with Crippen molar-refractivity contribution in [2.24, 2.45) is 5.73 Å². The zero-order valence-electron chi connectivity index (χ0n) is 10.9. The van der Waals surface area contributed by atoms with Crippen molar-refractivity contribution in [3.63, 3.8) is 0 Å². The number of rotatable bonds is 6. The molecule has 18 heavy (non-hydrogen) atoms. The minimum Gasteiger partial charge on any atom is -0.312 e. The minimum absolute atomic E-state index is 0.0839. The molecule has 1 atom stereocenters. The molecule has 0 aliphatic heterocycles. The molecule has 0 bridgehead atoms. The van der Waals surface area contributed by atoms with Crippen LogP contribution in [0.4, 0.5) is 0 Å². The van der Waals surface area contributed by atoms with E-state index in [2.05, 4.69) is 35.4 Å². The second kappa shape index (κ2) is 6.47. The average Bonchev–Trinajstić information content (AvgIpc) is 2.43. The van der Waals surface area contributed by atoms with E-state index in [1.807, 2.05) is 18.5 Å². The van der Waals surface area contributed by atoms with E-state index >= 15 is 0 Å². The predicted octanol–water partition coefficient (Wildman–Crippen LogP) is 2.97. The highest BCUT2D eigenvalue weighted by atomic mass is 15.0. The number of hydrogen-bond donors (Lipinski definition) is 2. The first-order valence-electron chi connectivity index (χ1n) is 6.64. The topological polar surface area (TPSA) is 50.9 Å². The molecule has 0 aliphatic rings. The molecule has 0 aliphatic carbocycles. The summed E-state index contributed by atoms with van der Waals surface area (Å²) in [5.41, 5.74) is 7.27. The number of hydrogen-bond acceptors (Lipinski definition) is 3. The van der Waals surface area contributed by atoms with Gasteiger partial charge in [-0.15, -0.1) is 0 Å². The van der Waals surface area contributed by atoms with Crippen molar-refractivity contribution in [1.82, 2.24) is 10.3 Å². The Kier molecular flexibility index (Phi) is 4.67. The number of benzene rings is 1. The van der Waals surface area contributed by atoms with Crippen LogP contribution >= 0.6 is 0 Å². The van der Waals surface area contributed by atoms with Gasteiger partial charge >= 0.3 is 0 Å². The molecule has 1 aromatic carbocycles. The first-order valence-corrected chi connectivity index (χ1v) is 6.64. The highest BCUT2D eigenvalue weighted by Crippen LogP contribution is 2.17. The molecule has 0 fully saturated rings. The lowest BCUT2D eigenvalue weighted by Crippen LogP contribution is -2.29. The Morgan fingerprint density at radius 3 is 2.94 bits per heavy atom. The van der Waals surface area contributed by atoms with Crippen LogP contribution in [-0.4, -0.2) is 11.5 Å². The smallest absolute Gasteiger partial charge is 0.0810 e. The summed E-state index contributed by atoms with van der Waals surface area (Å²) >= 11 is 0. The number of aromatic nitrogens is 1. The summed E-state index contributed by atoms with van der Waals surface area (Å²) < 4.78 is 0. The Hall–Kier alpha value is -1.45. The van der Waals surface area contributed by atoms with Crippen LogP contribution in [0, 0.1) is 0 Å². The van der Waals surface area contributed by atoms with Crippen molar-refractivity contribution >= 4 is 10.8 Å². The van der Waals surface area contributed by atoms with Gasteiger partial charge in [-0.25, -0.2) is 0 Å². The number of unbranched alkanes of at least 4 members (excludes halogenated alkanes) is 2. The molecule has 2 aromatic rings. The summed E-state index contributed by atoms with van der Waals surface area (Å²) in [6, 6.07) is 8.30. The van der Waals surface area contributed by atoms with Gasteiger partial charge in [0.05, 0.1) is 6.17 Å². The Morgan fingerprint density at radius 1 is 1.22 bits per heavy atom. The third kappa shape index (κ3) is 3.28. The lowest BCUT2D eigenvalue weighted by atomic mass is 10.1. The Labute approximate surface area is 108 Å². The monoisotopic (exact) mass is 243 g/mol. The molecular weight excluding hydrogens is 222 g/mol. The molecule has 1 heterocycles. The molecule has 3 N–H and O–H groups in total. The largest absolute Gasteiger partial charge is 0.312 e. The van der Waals surface area contributed by atoms with Gasteiger partial charge in [-0.1, -0.05) is 31.9 Å². The number of nitrogens with zero attached hydrogens (tertiary/aromatic N) is 1. The van der Waals surface area contributed by atoms with E-state index in [-0.39, 0.29) is 6.17 Å². The van der Waals surface area contributed by atoms with Crippen molar-refractivity contribution in [3.8, 4) is 0 Å². The Morgan fingerprint density at radius 2 is 2.11 bits per heavy atom. The molecule has 3 nitrogen and oxygen atoms in total. The zero-order chi connectivity index (χ0) is 12.8. The van der Waals surface area contributed by atoms with Gasteiger partial charge in [0.1, 0.15) is 0 Å². The summed E-state index contributed by atoms with van der Waals surface area (Å²) in [6.45, 7) is 3.18. The summed E-state index contributed by atoms with van der Waals surface area (Å²) in [7, 11) is 0. The second-order valence-electron chi connectivity index (χ2n) is 4.62. The molecule has 2 rings (SSSR count). The number of nitrogens with one attached hydrogen (secondary N) is 1. The van der Waals surface area contributed by atoms with Crippen molar-refractivity contribution in [2.45, 2.75) is 32.4 Å². The summed E-state index contributed by atoms with van der Waals surface area (Å²) in [5.74, 6) is 0. The fourth-order valence-electron chi connectivity index (χ4n) is 2.05. The van der Waals surface area contributed by atoms with E-state index in [9.17, 15) is 0 Å². The van der Waals surface area contributed by atoms with Crippen LogP contribution in [0.2, 0.25) is 0 Å². The lowest BCUT2D eigenvalue weighted by molar-refractivity contribution is 0.527. The van der Waals surface area contributed by atoms with Gasteiger partial charge in [0.25, 0.3) is 0 Å². The maximum atomic E-state index is 6.14. The lowest BCUT2D eigenvalue weighted by Gasteiger charge is -2.14. The van der Waals surface area contributed by atoms with E-state index < -0.39 is 0 Å². The molecule has 0 radical (unpaired) electrons. The van der Waals surface area contributed by atoms with Crippen LogP contribution in [0.3, 0.4) is 0 Å². The normalized spacial score (nSPS) is 12.8. The minimum atomic E-state index is -0.0839. The molecule has 0 amide bonds. The van der Waals surface area contributed by atoms with E-state index in [1.165, 1.54) is 24.6 Å². The van der Waals surface area contributed by atoms with Crippen LogP contribution in [0.5, 0.6) is 0 Å². The standard InChI is InChI=1S/C15H21N3/c1-2-3-4-8-18-15(16)13-5-6-14-11-17-9-7-12(14)10-13/h5-7,9-11,15,18H,2-4,8,16H2,1H3. The second-order valence-corrected chi connectivity index (χ2v) is 4.62. The highest BCUT2D eigenvalue weighted by molar-refractivity contribution is 5.82. The third-order valence-electron chi connectivity index (χ3n) is 3.17. The molecule has 1 unspecified atom stereocenters. The summed E-state index contributed by atoms with van der Waals surface area (Å²) in [4.78, 5) is 4.11. The van der Waals surface area contributed by atoms with E-state index in [1.54, 1.807) is 0 Å². The summed E-state index contributed by atoms with van der Waals surface area (Å²) in [5, 5.41) is 5.70. The van der Waals surface area contributed by atoms with Crippen molar-refractivity contribution < 1.29 is 0 Å². The third-order valence-corrected chi connectivity index (χ3v) is 3.17. The molecule has 96 valence electrons. The molecule has 0 saturated heterocycles. The van der Waals surface area contributed by atoms with Crippen LogP contribution < -0.4 is 11.1 Å². The van der Waals surface area contributed by atoms with Gasteiger partial charge in [-0.3, -0.25) is 10.3 Å². The maximum Gasteiger partial charge on any atom is 0.0810 e. The fraction of sp³-hybridized carbons (Fsp3) is 0.400. The van der Waals surface area contributed by atoms with E-state index in [0.29, 0.717) is 0 Å².